The van der Waals surface area contributed by atoms with Crippen molar-refractivity contribution < 1.29 is 19.8 Å². The zero-order valence-corrected chi connectivity index (χ0v) is 8.80. The van der Waals surface area contributed by atoms with Crippen LogP contribution in [0.3, 0.4) is 0 Å². The number of rotatable bonds is 4. The SMILES string of the molecule is O=C(O)C(O)CNC(=O)C1CC2C=CC1C2. The van der Waals surface area contributed by atoms with Crippen LogP contribution < -0.4 is 5.32 Å². The normalized spacial score (nSPS) is 32.7. The number of carbonyl (C=O) groups excluding carboxylic acids is 1. The van der Waals surface area contributed by atoms with E-state index in [2.05, 4.69) is 17.5 Å². The number of hydrogen-bond acceptors (Lipinski definition) is 3. The number of hydrogen-bond donors (Lipinski definition) is 3. The van der Waals surface area contributed by atoms with Gasteiger partial charge in [-0.05, 0) is 24.7 Å². The van der Waals surface area contributed by atoms with Gasteiger partial charge in [-0.15, -0.1) is 0 Å². The number of fused-ring (bicyclic) bond motifs is 2. The van der Waals surface area contributed by atoms with Crippen molar-refractivity contribution >= 4 is 11.9 Å². The molecule has 4 atom stereocenters. The summed E-state index contributed by atoms with van der Waals surface area (Å²) in [7, 11) is 0. The van der Waals surface area contributed by atoms with Gasteiger partial charge in [0, 0.05) is 5.92 Å². The van der Waals surface area contributed by atoms with Crippen LogP contribution in [0.1, 0.15) is 12.8 Å². The summed E-state index contributed by atoms with van der Waals surface area (Å²) in [6.07, 6.45) is 4.56. The smallest absolute Gasteiger partial charge is 0.334 e. The Labute approximate surface area is 93.1 Å². The molecule has 5 nitrogen and oxygen atoms in total. The monoisotopic (exact) mass is 225 g/mol. The van der Waals surface area contributed by atoms with E-state index in [4.69, 9.17) is 10.2 Å². The molecule has 1 saturated carbocycles. The third-order valence-electron chi connectivity index (χ3n) is 3.37. The molecule has 0 spiro atoms. The van der Waals surface area contributed by atoms with E-state index < -0.39 is 12.1 Å². The summed E-state index contributed by atoms with van der Waals surface area (Å²) in [6.45, 7) is -0.217. The molecule has 0 saturated heterocycles. The first kappa shape index (κ1) is 11.1. The summed E-state index contributed by atoms with van der Waals surface area (Å²) in [6, 6.07) is 0. The number of aliphatic hydroxyl groups is 1. The van der Waals surface area contributed by atoms with E-state index >= 15 is 0 Å². The van der Waals surface area contributed by atoms with Gasteiger partial charge >= 0.3 is 5.97 Å². The van der Waals surface area contributed by atoms with Crippen molar-refractivity contribution in [2.45, 2.75) is 18.9 Å². The second-order valence-electron chi connectivity index (χ2n) is 4.49. The highest BCUT2D eigenvalue weighted by molar-refractivity contribution is 5.81. The van der Waals surface area contributed by atoms with Crippen LogP contribution in [0, 0.1) is 17.8 Å². The predicted molar refractivity (Wildman–Crippen MR) is 55.5 cm³/mol. The second kappa shape index (κ2) is 4.25. The fraction of sp³-hybridized carbons (Fsp3) is 0.636. The number of carboxylic acid groups (broad SMARTS) is 1. The van der Waals surface area contributed by atoms with Gasteiger partial charge in [-0.25, -0.2) is 4.79 Å². The number of nitrogens with one attached hydrogen (secondary N) is 1. The maximum Gasteiger partial charge on any atom is 0.334 e. The summed E-state index contributed by atoms with van der Waals surface area (Å²) in [5, 5.41) is 20.0. The van der Waals surface area contributed by atoms with Gasteiger partial charge < -0.3 is 15.5 Å². The van der Waals surface area contributed by atoms with Crippen molar-refractivity contribution in [3.05, 3.63) is 12.2 Å². The van der Waals surface area contributed by atoms with Gasteiger partial charge in [0.05, 0.1) is 6.54 Å². The number of carbonyl (C=O) groups is 2. The van der Waals surface area contributed by atoms with E-state index in [1.54, 1.807) is 0 Å². The average Bonchev–Trinajstić information content (AvgIpc) is 2.86. The van der Waals surface area contributed by atoms with Gasteiger partial charge in [0.1, 0.15) is 0 Å². The number of aliphatic carboxylic acids is 1. The highest BCUT2D eigenvalue weighted by Crippen LogP contribution is 2.43. The van der Waals surface area contributed by atoms with Crippen molar-refractivity contribution in [1.82, 2.24) is 5.32 Å². The summed E-state index contributed by atoms with van der Waals surface area (Å²) < 4.78 is 0. The van der Waals surface area contributed by atoms with Crippen molar-refractivity contribution in [3.63, 3.8) is 0 Å². The third-order valence-corrected chi connectivity index (χ3v) is 3.37. The molecule has 5 heteroatoms. The Morgan fingerprint density at radius 3 is 2.62 bits per heavy atom. The molecule has 16 heavy (non-hydrogen) atoms. The molecule has 2 aliphatic carbocycles. The number of allylic oxidation sites excluding steroid dienone is 2. The lowest BCUT2D eigenvalue weighted by atomic mass is 9.93. The van der Waals surface area contributed by atoms with E-state index in [1.807, 2.05) is 0 Å². The summed E-state index contributed by atoms with van der Waals surface area (Å²) in [4.78, 5) is 22.1. The van der Waals surface area contributed by atoms with Gasteiger partial charge in [-0.1, -0.05) is 12.2 Å². The van der Waals surface area contributed by atoms with Crippen LogP contribution in [0.15, 0.2) is 12.2 Å². The van der Waals surface area contributed by atoms with E-state index in [-0.39, 0.29) is 18.4 Å². The molecule has 1 fully saturated rings. The minimum Gasteiger partial charge on any atom is -0.479 e. The molecule has 0 heterocycles. The molecule has 1 amide bonds. The molecule has 0 aromatic carbocycles. The lowest BCUT2D eigenvalue weighted by Crippen LogP contribution is -2.40. The molecule has 3 N–H and O–H groups in total. The molecule has 0 aliphatic heterocycles. The highest BCUT2D eigenvalue weighted by Gasteiger charge is 2.39. The zero-order valence-electron chi connectivity index (χ0n) is 8.80. The van der Waals surface area contributed by atoms with Crippen molar-refractivity contribution in [3.8, 4) is 0 Å². The summed E-state index contributed by atoms with van der Waals surface area (Å²) >= 11 is 0. The van der Waals surface area contributed by atoms with Gasteiger partial charge in [0.25, 0.3) is 0 Å². The predicted octanol–water partition coefficient (Wildman–Crippen LogP) is -0.240. The van der Waals surface area contributed by atoms with Crippen LogP contribution in [0.5, 0.6) is 0 Å². The van der Waals surface area contributed by atoms with Crippen LogP contribution >= 0.6 is 0 Å². The Morgan fingerprint density at radius 2 is 2.12 bits per heavy atom. The van der Waals surface area contributed by atoms with Crippen LogP contribution in [0.25, 0.3) is 0 Å². The average molecular weight is 225 g/mol. The number of amides is 1. The summed E-state index contributed by atoms with van der Waals surface area (Å²) in [5.74, 6) is -0.696. The Kier molecular flexibility index (Phi) is 2.96. The van der Waals surface area contributed by atoms with Crippen LogP contribution in [-0.2, 0) is 9.59 Å². The topological polar surface area (TPSA) is 86.6 Å². The fourth-order valence-corrected chi connectivity index (χ4v) is 2.50. The number of carboxylic acids is 1. The van der Waals surface area contributed by atoms with E-state index in [0.717, 1.165) is 12.8 Å². The molecular weight excluding hydrogens is 210 g/mol. The minimum absolute atomic E-state index is 0.0454. The number of aliphatic hydroxyl groups excluding tert-OH is 1. The Bertz CT molecular complexity index is 339. The molecule has 4 unspecified atom stereocenters. The Morgan fingerprint density at radius 1 is 1.38 bits per heavy atom. The van der Waals surface area contributed by atoms with Gasteiger partial charge in [0.2, 0.25) is 5.91 Å². The molecule has 0 aromatic rings. The molecular formula is C11H15NO4. The molecule has 2 aliphatic rings. The molecule has 0 radical (unpaired) electrons. The standard InChI is InChI=1S/C11H15NO4/c13-9(11(15)16)5-12-10(14)8-4-6-1-2-7(8)3-6/h1-2,6-9,13H,3-5H2,(H,12,14)(H,15,16). The third kappa shape index (κ3) is 2.09. The van der Waals surface area contributed by atoms with Gasteiger partial charge in [-0.2, -0.15) is 0 Å². The van der Waals surface area contributed by atoms with E-state index in [9.17, 15) is 9.59 Å². The quantitative estimate of drug-likeness (QED) is 0.576. The molecule has 0 aromatic heterocycles. The van der Waals surface area contributed by atoms with E-state index in [1.165, 1.54) is 0 Å². The lowest BCUT2D eigenvalue weighted by molar-refractivity contribution is -0.146. The van der Waals surface area contributed by atoms with Crippen LogP contribution in [-0.4, -0.2) is 34.7 Å². The van der Waals surface area contributed by atoms with Gasteiger partial charge in [-0.3, -0.25) is 4.79 Å². The van der Waals surface area contributed by atoms with Gasteiger partial charge in [0.15, 0.2) is 6.10 Å². The first-order valence-electron chi connectivity index (χ1n) is 5.45. The van der Waals surface area contributed by atoms with Crippen molar-refractivity contribution in [2.75, 3.05) is 6.54 Å². The highest BCUT2D eigenvalue weighted by atomic mass is 16.4. The van der Waals surface area contributed by atoms with Crippen LogP contribution in [0.4, 0.5) is 0 Å². The maximum atomic E-state index is 11.7. The lowest BCUT2D eigenvalue weighted by Gasteiger charge is -2.18. The zero-order chi connectivity index (χ0) is 11.7. The van der Waals surface area contributed by atoms with Crippen molar-refractivity contribution in [1.29, 1.82) is 0 Å². The molecule has 2 bridgehead atoms. The largest absolute Gasteiger partial charge is 0.479 e. The second-order valence-corrected chi connectivity index (χ2v) is 4.49. The first-order chi connectivity index (χ1) is 7.58. The minimum atomic E-state index is -1.52. The Balaban J connectivity index is 1.81. The first-order valence-corrected chi connectivity index (χ1v) is 5.45. The molecule has 2 rings (SSSR count). The maximum absolute atomic E-state index is 11.7. The van der Waals surface area contributed by atoms with Crippen molar-refractivity contribution in [2.24, 2.45) is 17.8 Å². The van der Waals surface area contributed by atoms with E-state index in [0.29, 0.717) is 11.8 Å². The summed E-state index contributed by atoms with van der Waals surface area (Å²) in [5.41, 5.74) is 0. The fourth-order valence-electron chi connectivity index (χ4n) is 2.50. The van der Waals surface area contributed by atoms with Crippen LogP contribution in [0.2, 0.25) is 0 Å². The molecule has 88 valence electrons. The Hall–Kier alpha value is -1.36.